The van der Waals surface area contributed by atoms with E-state index in [4.69, 9.17) is 11.6 Å². The molecule has 0 aromatic heterocycles. The van der Waals surface area contributed by atoms with Crippen LogP contribution in [-0.4, -0.2) is 20.9 Å². The van der Waals surface area contributed by atoms with Crippen LogP contribution in [0.1, 0.15) is 0 Å². The first-order chi connectivity index (χ1) is 13.4. The Kier molecular flexibility index (Phi) is 5.96. The number of rotatable bonds is 6. The molecule has 0 unspecified atom stereocenters. The monoisotopic (exact) mass is 418 g/mol. The number of carbonyl (C=O) groups excluding carboxylic acids is 1. The Hall–Kier alpha value is -2.90. The van der Waals surface area contributed by atoms with Crippen LogP contribution in [0, 0.1) is 5.82 Å². The van der Waals surface area contributed by atoms with E-state index in [0.717, 1.165) is 16.4 Å². The molecule has 144 valence electrons. The van der Waals surface area contributed by atoms with Gasteiger partial charge in [0.25, 0.3) is 10.0 Å². The number of halogens is 2. The van der Waals surface area contributed by atoms with Crippen molar-refractivity contribution in [1.82, 2.24) is 0 Å². The Labute approximate surface area is 167 Å². The summed E-state index contributed by atoms with van der Waals surface area (Å²) in [7, 11) is -4.05. The number of para-hydroxylation sites is 1. The van der Waals surface area contributed by atoms with Gasteiger partial charge in [0, 0.05) is 0 Å². The Morgan fingerprint density at radius 1 is 0.929 bits per heavy atom. The smallest absolute Gasteiger partial charge is 0.264 e. The second kappa shape index (κ2) is 8.41. The summed E-state index contributed by atoms with van der Waals surface area (Å²) in [5.41, 5.74) is 0.532. The molecule has 0 heterocycles. The van der Waals surface area contributed by atoms with Crippen LogP contribution >= 0.6 is 11.6 Å². The molecule has 0 saturated heterocycles. The molecule has 0 fully saturated rings. The maximum atomic E-state index is 13.3. The van der Waals surface area contributed by atoms with Crippen LogP contribution in [0.5, 0.6) is 0 Å². The van der Waals surface area contributed by atoms with Gasteiger partial charge in [0.2, 0.25) is 5.91 Å². The summed E-state index contributed by atoms with van der Waals surface area (Å²) in [5, 5.41) is 2.92. The van der Waals surface area contributed by atoms with Gasteiger partial charge in [-0.1, -0.05) is 41.9 Å². The molecule has 3 aromatic carbocycles. The minimum atomic E-state index is -4.05. The van der Waals surface area contributed by atoms with Crippen LogP contribution in [0.2, 0.25) is 5.02 Å². The summed E-state index contributed by atoms with van der Waals surface area (Å²) in [6.45, 7) is -0.506. The number of amides is 1. The maximum Gasteiger partial charge on any atom is 0.264 e. The average molecular weight is 419 g/mol. The lowest BCUT2D eigenvalue weighted by Crippen LogP contribution is -2.38. The Balaban J connectivity index is 1.94. The number of sulfonamides is 1. The molecule has 0 bridgehead atoms. The minimum absolute atomic E-state index is 0.0184. The molecule has 0 saturated carbocycles. The molecular formula is C20H16ClFN2O3S. The van der Waals surface area contributed by atoms with Crippen molar-refractivity contribution < 1.29 is 17.6 Å². The predicted molar refractivity (Wildman–Crippen MR) is 107 cm³/mol. The van der Waals surface area contributed by atoms with E-state index in [0.29, 0.717) is 10.7 Å². The van der Waals surface area contributed by atoms with E-state index < -0.39 is 28.3 Å². The van der Waals surface area contributed by atoms with Crippen molar-refractivity contribution >= 4 is 38.9 Å². The van der Waals surface area contributed by atoms with Crippen molar-refractivity contribution in [2.45, 2.75) is 4.90 Å². The molecular weight excluding hydrogens is 403 g/mol. The maximum absolute atomic E-state index is 13.3. The summed E-state index contributed by atoms with van der Waals surface area (Å²) >= 11 is 6.04. The SMILES string of the molecule is O=C(CN(c1ccc(F)cc1)S(=O)(=O)c1ccccc1)Nc1ccccc1Cl. The first-order valence-corrected chi connectivity index (χ1v) is 10.1. The molecule has 3 rings (SSSR count). The van der Waals surface area contributed by atoms with Crippen LogP contribution in [0.4, 0.5) is 15.8 Å². The van der Waals surface area contributed by atoms with E-state index in [1.807, 2.05) is 0 Å². The molecule has 0 atom stereocenters. The van der Waals surface area contributed by atoms with Gasteiger partial charge >= 0.3 is 0 Å². The molecule has 5 nitrogen and oxygen atoms in total. The van der Waals surface area contributed by atoms with Crippen molar-refractivity contribution in [2.75, 3.05) is 16.2 Å². The van der Waals surface area contributed by atoms with Gasteiger partial charge in [-0.05, 0) is 48.5 Å². The van der Waals surface area contributed by atoms with Gasteiger partial charge in [0.05, 0.1) is 21.3 Å². The number of hydrogen-bond donors (Lipinski definition) is 1. The standard InChI is InChI=1S/C20H16ClFN2O3S/c21-18-8-4-5-9-19(18)23-20(25)14-24(16-12-10-15(22)11-13-16)28(26,27)17-6-2-1-3-7-17/h1-13H,14H2,(H,23,25). The van der Waals surface area contributed by atoms with Gasteiger partial charge in [-0.15, -0.1) is 0 Å². The Bertz CT molecular complexity index is 1070. The van der Waals surface area contributed by atoms with Crippen LogP contribution in [0.3, 0.4) is 0 Å². The third-order valence-corrected chi connectivity index (χ3v) is 6.00. The lowest BCUT2D eigenvalue weighted by molar-refractivity contribution is -0.114. The molecule has 1 N–H and O–H groups in total. The van der Waals surface area contributed by atoms with E-state index in [1.54, 1.807) is 42.5 Å². The second-order valence-electron chi connectivity index (χ2n) is 5.83. The lowest BCUT2D eigenvalue weighted by Gasteiger charge is -2.24. The van der Waals surface area contributed by atoms with Gasteiger partial charge < -0.3 is 5.32 Å². The van der Waals surface area contributed by atoms with E-state index in [-0.39, 0.29) is 10.6 Å². The predicted octanol–water partition coefficient (Wildman–Crippen LogP) is 4.31. The molecule has 0 aliphatic heterocycles. The molecule has 0 aliphatic rings. The fourth-order valence-corrected chi connectivity index (χ4v) is 4.15. The summed E-state index contributed by atoms with van der Waals surface area (Å²) in [6, 6.07) is 19.2. The zero-order chi connectivity index (χ0) is 20.1. The number of carbonyl (C=O) groups is 1. The number of hydrogen-bond acceptors (Lipinski definition) is 3. The molecule has 0 spiro atoms. The van der Waals surface area contributed by atoms with Gasteiger partial charge in [0.1, 0.15) is 12.4 Å². The van der Waals surface area contributed by atoms with Crippen molar-refractivity contribution in [2.24, 2.45) is 0 Å². The number of nitrogens with one attached hydrogen (secondary N) is 1. The van der Waals surface area contributed by atoms with Crippen molar-refractivity contribution in [3.8, 4) is 0 Å². The van der Waals surface area contributed by atoms with Crippen molar-refractivity contribution in [3.05, 3.63) is 89.7 Å². The fraction of sp³-hybridized carbons (Fsp3) is 0.0500. The topological polar surface area (TPSA) is 66.5 Å². The van der Waals surface area contributed by atoms with E-state index >= 15 is 0 Å². The largest absolute Gasteiger partial charge is 0.323 e. The average Bonchev–Trinajstić information content (AvgIpc) is 2.69. The Morgan fingerprint density at radius 2 is 1.54 bits per heavy atom. The third kappa shape index (κ3) is 4.49. The number of anilines is 2. The van der Waals surface area contributed by atoms with Crippen molar-refractivity contribution in [3.63, 3.8) is 0 Å². The zero-order valence-corrected chi connectivity index (χ0v) is 16.1. The highest BCUT2D eigenvalue weighted by molar-refractivity contribution is 7.92. The second-order valence-corrected chi connectivity index (χ2v) is 8.10. The molecule has 1 amide bonds. The normalized spacial score (nSPS) is 11.1. The highest BCUT2D eigenvalue weighted by Crippen LogP contribution is 2.25. The quantitative estimate of drug-likeness (QED) is 0.648. The summed E-state index contributed by atoms with van der Waals surface area (Å²) in [6.07, 6.45) is 0. The summed E-state index contributed by atoms with van der Waals surface area (Å²) in [4.78, 5) is 12.6. The van der Waals surface area contributed by atoms with E-state index in [1.165, 1.54) is 24.3 Å². The summed E-state index contributed by atoms with van der Waals surface area (Å²) < 4.78 is 40.4. The lowest BCUT2D eigenvalue weighted by atomic mass is 10.3. The van der Waals surface area contributed by atoms with Crippen LogP contribution in [-0.2, 0) is 14.8 Å². The molecule has 0 aliphatic carbocycles. The van der Waals surface area contributed by atoms with Crippen LogP contribution < -0.4 is 9.62 Å². The molecule has 0 radical (unpaired) electrons. The molecule has 28 heavy (non-hydrogen) atoms. The first-order valence-electron chi connectivity index (χ1n) is 8.25. The Morgan fingerprint density at radius 3 is 2.18 bits per heavy atom. The van der Waals surface area contributed by atoms with Gasteiger partial charge in [-0.2, -0.15) is 0 Å². The van der Waals surface area contributed by atoms with Crippen LogP contribution in [0.25, 0.3) is 0 Å². The van der Waals surface area contributed by atoms with Crippen LogP contribution in [0.15, 0.2) is 83.8 Å². The minimum Gasteiger partial charge on any atom is -0.323 e. The number of nitrogens with zero attached hydrogens (tertiary/aromatic N) is 1. The van der Waals surface area contributed by atoms with E-state index in [9.17, 15) is 17.6 Å². The van der Waals surface area contributed by atoms with Gasteiger partial charge in [-0.25, -0.2) is 12.8 Å². The van der Waals surface area contributed by atoms with Gasteiger partial charge in [-0.3, -0.25) is 9.10 Å². The fourth-order valence-electron chi connectivity index (χ4n) is 2.52. The highest BCUT2D eigenvalue weighted by atomic mass is 35.5. The van der Waals surface area contributed by atoms with Crippen molar-refractivity contribution in [1.29, 1.82) is 0 Å². The first kappa shape index (κ1) is 19.9. The third-order valence-electron chi connectivity index (χ3n) is 3.88. The molecule has 8 heteroatoms. The number of benzene rings is 3. The molecule has 3 aromatic rings. The highest BCUT2D eigenvalue weighted by Gasteiger charge is 2.27. The zero-order valence-electron chi connectivity index (χ0n) is 14.5. The van der Waals surface area contributed by atoms with Gasteiger partial charge in [0.15, 0.2) is 0 Å². The summed E-state index contributed by atoms with van der Waals surface area (Å²) in [5.74, 6) is -1.10. The van der Waals surface area contributed by atoms with E-state index in [2.05, 4.69) is 5.32 Å².